The molecule has 0 spiro atoms. The van der Waals surface area contributed by atoms with E-state index in [2.05, 4.69) is 4.98 Å². The maximum absolute atomic E-state index is 9.01. The second-order valence-corrected chi connectivity index (χ2v) is 2.79. The summed E-state index contributed by atoms with van der Waals surface area (Å²) in [5, 5.41) is 10.0. The van der Waals surface area contributed by atoms with Gasteiger partial charge in [0.25, 0.3) is 0 Å². The third-order valence-corrected chi connectivity index (χ3v) is 2.03. The van der Waals surface area contributed by atoms with E-state index in [1.54, 1.807) is 6.20 Å². The third kappa shape index (κ3) is 0.905. The lowest BCUT2D eigenvalue weighted by molar-refractivity contribution is 0.283. The standard InChI is InChI=1S/C9H10N2O/c1-11-5-3-8-7(6-12)2-4-10-9(8)11/h2-5,12H,6H2,1H3. The van der Waals surface area contributed by atoms with Crippen molar-refractivity contribution in [1.29, 1.82) is 0 Å². The minimum Gasteiger partial charge on any atom is -0.392 e. The monoisotopic (exact) mass is 162 g/mol. The van der Waals surface area contributed by atoms with Gasteiger partial charge in [0, 0.05) is 24.8 Å². The van der Waals surface area contributed by atoms with Crippen LogP contribution in [0.5, 0.6) is 0 Å². The number of aryl methyl sites for hydroxylation is 1. The topological polar surface area (TPSA) is 38.0 Å². The Balaban J connectivity index is 2.81. The van der Waals surface area contributed by atoms with E-state index in [0.717, 1.165) is 16.6 Å². The SMILES string of the molecule is Cn1ccc2c(CO)ccnc21. The molecule has 2 aromatic heterocycles. The number of pyridine rings is 1. The predicted octanol–water partition coefficient (Wildman–Crippen LogP) is 1.07. The van der Waals surface area contributed by atoms with Gasteiger partial charge in [-0.2, -0.15) is 0 Å². The molecule has 0 aromatic carbocycles. The molecular weight excluding hydrogens is 152 g/mol. The number of aliphatic hydroxyl groups is 1. The highest BCUT2D eigenvalue weighted by Gasteiger charge is 2.02. The van der Waals surface area contributed by atoms with Crippen molar-refractivity contribution in [2.24, 2.45) is 7.05 Å². The average molecular weight is 162 g/mol. The van der Waals surface area contributed by atoms with Crippen molar-refractivity contribution in [2.75, 3.05) is 0 Å². The molecule has 0 bridgehead atoms. The summed E-state index contributed by atoms with van der Waals surface area (Å²) in [6.07, 6.45) is 3.66. The Morgan fingerprint density at radius 1 is 1.50 bits per heavy atom. The fourth-order valence-corrected chi connectivity index (χ4v) is 1.36. The summed E-state index contributed by atoms with van der Waals surface area (Å²) in [7, 11) is 1.94. The van der Waals surface area contributed by atoms with Gasteiger partial charge in [-0.1, -0.05) is 0 Å². The van der Waals surface area contributed by atoms with E-state index in [-0.39, 0.29) is 6.61 Å². The second kappa shape index (κ2) is 2.60. The molecule has 0 radical (unpaired) electrons. The first-order valence-electron chi connectivity index (χ1n) is 3.82. The van der Waals surface area contributed by atoms with Crippen LogP contribution in [0.25, 0.3) is 11.0 Å². The minimum atomic E-state index is 0.0725. The first-order chi connectivity index (χ1) is 5.83. The Morgan fingerprint density at radius 3 is 3.08 bits per heavy atom. The lowest BCUT2D eigenvalue weighted by Gasteiger charge is -1.98. The highest BCUT2D eigenvalue weighted by molar-refractivity contribution is 5.79. The van der Waals surface area contributed by atoms with E-state index in [9.17, 15) is 0 Å². The van der Waals surface area contributed by atoms with Gasteiger partial charge in [0.2, 0.25) is 0 Å². The van der Waals surface area contributed by atoms with Crippen molar-refractivity contribution in [3.05, 3.63) is 30.1 Å². The zero-order chi connectivity index (χ0) is 8.55. The molecule has 2 rings (SSSR count). The van der Waals surface area contributed by atoms with Gasteiger partial charge in [-0.25, -0.2) is 4.98 Å². The number of nitrogens with zero attached hydrogens (tertiary/aromatic N) is 2. The molecule has 0 saturated carbocycles. The van der Waals surface area contributed by atoms with Crippen molar-refractivity contribution >= 4 is 11.0 Å². The van der Waals surface area contributed by atoms with Crippen LogP contribution < -0.4 is 0 Å². The zero-order valence-electron chi connectivity index (χ0n) is 6.86. The highest BCUT2D eigenvalue weighted by atomic mass is 16.3. The van der Waals surface area contributed by atoms with Gasteiger partial charge in [-0.3, -0.25) is 0 Å². The zero-order valence-corrected chi connectivity index (χ0v) is 6.86. The maximum Gasteiger partial charge on any atom is 0.139 e. The van der Waals surface area contributed by atoms with E-state index >= 15 is 0 Å². The number of aliphatic hydroxyl groups excluding tert-OH is 1. The van der Waals surface area contributed by atoms with Crippen molar-refractivity contribution in [3.63, 3.8) is 0 Å². The Kier molecular flexibility index (Phi) is 1.59. The molecular formula is C9H10N2O. The van der Waals surface area contributed by atoms with Crippen molar-refractivity contribution in [1.82, 2.24) is 9.55 Å². The summed E-state index contributed by atoms with van der Waals surface area (Å²) < 4.78 is 1.94. The fourth-order valence-electron chi connectivity index (χ4n) is 1.36. The van der Waals surface area contributed by atoms with Gasteiger partial charge < -0.3 is 9.67 Å². The first-order valence-corrected chi connectivity index (χ1v) is 3.82. The first kappa shape index (κ1) is 7.31. The lowest BCUT2D eigenvalue weighted by Crippen LogP contribution is -1.90. The average Bonchev–Trinajstić information content (AvgIpc) is 2.48. The highest BCUT2D eigenvalue weighted by Crippen LogP contribution is 2.16. The molecule has 0 amide bonds. The molecule has 0 aliphatic carbocycles. The normalized spacial score (nSPS) is 10.8. The quantitative estimate of drug-likeness (QED) is 0.681. The van der Waals surface area contributed by atoms with Gasteiger partial charge in [0.15, 0.2) is 0 Å². The molecule has 3 nitrogen and oxygen atoms in total. The summed E-state index contributed by atoms with van der Waals surface area (Å²) in [6, 6.07) is 3.80. The Morgan fingerprint density at radius 2 is 2.33 bits per heavy atom. The molecule has 2 heterocycles. The van der Waals surface area contributed by atoms with E-state index < -0.39 is 0 Å². The third-order valence-electron chi connectivity index (χ3n) is 2.03. The number of hydrogen-bond donors (Lipinski definition) is 1. The van der Waals surface area contributed by atoms with E-state index in [1.165, 1.54) is 0 Å². The van der Waals surface area contributed by atoms with Crippen LogP contribution >= 0.6 is 0 Å². The minimum absolute atomic E-state index is 0.0725. The smallest absolute Gasteiger partial charge is 0.139 e. The van der Waals surface area contributed by atoms with E-state index in [4.69, 9.17) is 5.11 Å². The molecule has 12 heavy (non-hydrogen) atoms. The number of fused-ring (bicyclic) bond motifs is 1. The summed E-state index contributed by atoms with van der Waals surface area (Å²) in [6.45, 7) is 0.0725. The van der Waals surface area contributed by atoms with Crippen LogP contribution in [0, 0.1) is 0 Å². The lowest BCUT2D eigenvalue weighted by atomic mass is 10.2. The van der Waals surface area contributed by atoms with Crippen LogP contribution in [0.1, 0.15) is 5.56 Å². The van der Waals surface area contributed by atoms with Crippen LogP contribution in [-0.2, 0) is 13.7 Å². The largest absolute Gasteiger partial charge is 0.392 e. The maximum atomic E-state index is 9.01. The van der Waals surface area contributed by atoms with Crippen LogP contribution in [0.2, 0.25) is 0 Å². The van der Waals surface area contributed by atoms with Gasteiger partial charge in [-0.15, -0.1) is 0 Å². The van der Waals surface area contributed by atoms with Gasteiger partial charge in [-0.05, 0) is 17.7 Å². The van der Waals surface area contributed by atoms with Gasteiger partial charge >= 0.3 is 0 Å². The van der Waals surface area contributed by atoms with Crippen molar-refractivity contribution in [3.8, 4) is 0 Å². The Bertz CT molecular complexity index is 406. The molecule has 0 unspecified atom stereocenters. The molecule has 0 saturated heterocycles. The molecule has 0 aliphatic rings. The number of hydrogen-bond acceptors (Lipinski definition) is 2. The summed E-state index contributed by atoms with van der Waals surface area (Å²) in [5.74, 6) is 0. The molecule has 62 valence electrons. The van der Waals surface area contributed by atoms with Gasteiger partial charge in [0.1, 0.15) is 5.65 Å². The van der Waals surface area contributed by atoms with Gasteiger partial charge in [0.05, 0.1) is 6.61 Å². The van der Waals surface area contributed by atoms with E-state index in [0.29, 0.717) is 0 Å². The molecule has 0 fully saturated rings. The van der Waals surface area contributed by atoms with Crippen LogP contribution in [0.4, 0.5) is 0 Å². The fraction of sp³-hybridized carbons (Fsp3) is 0.222. The second-order valence-electron chi connectivity index (χ2n) is 2.79. The Labute approximate surface area is 70.3 Å². The summed E-state index contributed by atoms with van der Waals surface area (Å²) in [5.41, 5.74) is 1.85. The van der Waals surface area contributed by atoms with Crippen LogP contribution in [0.15, 0.2) is 24.5 Å². The van der Waals surface area contributed by atoms with Crippen molar-refractivity contribution in [2.45, 2.75) is 6.61 Å². The molecule has 3 heteroatoms. The molecule has 2 aromatic rings. The molecule has 0 atom stereocenters. The van der Waals surface area contributed by atoms with Crippen LogP contribution in [0.3, 0.4) is 0 Å². The molecule has 1 N–H and O–H groups in total. The summed E-state index contributed by atoms with van der Waals surface area (Å²) >= 11 is 0. The molecule has 0 aliphatic heterocycles. The van der Waals surface area contributed by atoms with Crippen LogP contribution in [-0.4, -0.2) is 14.7 Å². The number of rotatable bonds is 1. The summed E-state index contributed by atoms with van der Waals surface area (Å²) in [4.78, 5) is 4.20. The van der Waals surface area contributed by atoms with E-state index in [1.807, 2.05) is 29.9 Å². The van der Waals surface area contributed by atoms with Crippen molar-refractivity contribution < 1.29 is 5.11 Å². The number of aromatic nitrogens is 2. The Hall–Kier alpha value is -1.35. The predicted molar refractivity (Wildman–Crippen MR) is 46.6 cm³/mol.